The van der Waals surface area contributed by atoms with Crippen molar-refractivity contribution in [1.82, 2.24) is 9.97 Å². The van der Waals surface area contributed by atoms with E-state index in [4.69, 9.17) is 31.6 Å². The van der Waals surface area contributed by atoms with E-state index in [0.717, 1.165) is 6.92 Å². The fourth-order valence-corrected chi connectivity index (χ4v) is 2.31. The van der Waals surface area contributed by atoms with E-state index < -0.39 is 53.3 Å². The third-order valence-corrected chi connectivity index (χ3v) is 3.87. The first kappa shape index (κ1) is 24.5. The summed E-state index contributed by atoms with van der Waals surface area (Å²) in [5.74, 6) is -5.56. The molecule has 2 aromatic heterocycles. The van der Waals surface area contributed by atoms with Gasteiger partial charge in [-0.15, -0.1) is 0 Å². The van der Waals surface area contributed by atoms with Crippen LogP contribution in [-0.2, 0) is 9.59 Å². The molecule has 0 unspecified atom stereocenters. The van der Waals surface area contributed by atoms with Gasteiger partial charge < -0.3 is 25.3 Å². The van der Waals surface area contributed by atoms with E-state index in [0.29, 0.717) is 6.07 Å². The van der Waals surface area contributed by atoms with Crippen LogP contribution in [0.4, 0.5) is 23.4 Å². The monoisotopic (exact) mass is 476 g/mol. The van der Waals surface area contributed by atoms with Crippen LogP contribution in [0.1, 0.15) is 6.92 Å². The summed E-state index contributed by atoms with van der Waals surface area (Å²) in [5.41, 5.74) is -2.43. The van der Waals surface area contributed by atoms with Gasteiger partial charge >= 0.3 is 12.1 Å². The molecule has 14 heteroatoms. The molecule has 0 atom stereocenters. The number of pyridine rings is 2. The number of hydrogen-bond donors (Lipinski definition) is 3. The van der Waals surface area contributed by atoms with Crippen molar-refractivity contribution < 1.29 is 41.7 Å². The van der Waals surface area contributed by atoms with Gasteiger partial charge in [0, 0.05) is 24.1 Å². The van der Waals surface area contributed by atoms with Crippen LogP contribution in [-0.4, -0.2) is 45.9 Å². The van der Waals surface area contributed by atoms with E-state index in [2.05, 4.69) is 9.97 Å². The van der Waals surface area contributed by atoms with Crippen molar-refractivity contribution in [3.8, 4) is 17.5 Å². The molecule has 0 spiro atoms. The van der Waals surface area contributed by atoms with Gasteiger partial charge in [0.1, 0.15) is 5.02 Å². The van der Waals surface area contributed by atoms with Gasteiger partial charge in [0.15, 0.2) is 24.0 Å². The van der Waals surface area contributed by atoms with Crippen molar-refractivity contribution in [2.45, 2.75) is 13.1 Å². The number of carbonyl (C=O) groups is 2. The third-order valence-electron chi connectivity index (χ3n) is 3.60. The molecule has 0 aliphatic rings. The van der Waals surface area contributed by atoms with E-state index in [1.54, 1.807) is 0 Å². The normalized spacial score (nSPS) is 11.9. The minimum atomic E-state index is -4.98. The number of rotatable bonds is 8. The molecular weight excluding hydrogens is 464 g/mol. The number of aromatic nitrogens is 2. The summed E-state index contributed by atoms with van der Waals surface area (Å²) in [6.07, 6.45) is -3.75. The highest BCUT2D eigenvalue weighted by Crippen LogP contribution is 2.34. The predicted molar refractivity (Wildman–Crippen MR) is 103 cm³/mol. The smallest absolute Gasteiger partial charge is 0.418 e. The summed E-state index contributed by atoms with van der Waals surface area (Å²) in [7, 11) is 0. The Labute approximate surface area is 182 Å². The van der Waals surface area contributed by atoms with Crippen LogP contribution in [0.2, 0.25) is 5.02 Å². The second-order valence-corrected chi connectivity index (χ2v) is 6.24. The first-order chi connectivity index (χ1) is 14.9. The van der Waals surface area contributed by atoms with Gasteiger partial charge in [-0.2, -0.15) is 18.2 Å². The van der Waals surface area contributed by atoms with Crippen molar-refractivity contribution in [2.24, 2.45) is 0 Å². The number of halogens is 5. The minimum Gasteiger partial charge on any atom is -0.479 e. The lowest BCUT2D eigenvalue weighted by atomic mass is 10.1. The molecule has 2 aromatic rings. The molecule has 9 nitrogen and oxygen atoms in total. The Kier molecular flexibility index (Phi) is 7.70. The molecule has 0 aliphatic heterocycles. The van der Waals surface area contributed by atoms with Gasteiger partial charge in [-0.3, -0.25) is 4.79 Å². The van der Waals surface area contributed by atoms with E-state index >= 15 is 0 Å². The van der Waals surface area contributed by atoms with E-state index in [1.165, 1.54) is 18.3 Å². The Bertz CT molecular complexity index is 1090. The Morgan fingerprint density at radius 3 is 2.62 bits per heavy atom. The standard InChI is InChI=1S/C18H13ClF4N4O5/c1-8(9(6-24)18(21,22)23)15(30)26-14-11(20)5-10(19)16(27-14)32-12-3-2-4-25-17(12)31-7-13(28)29/h2-6,24H,7H2,1H3,(H,28,29)(H,26,27,30)/b9-8+,24-6?. The number of hydrogen-bond acceptors (Lipinski definition) is 7. The summed E-state index contributed by atoms with van der Waals surface area (Å²) in [6, 6.07) is 3.39. The number of alkyl halides is 3. The van der Waals surface area contributed by atoms with Gasteiger partial charge in [-0.25, -0.2) is 14.2 Å². The van der Waals surface area contributed by atoms with Crippen LogP contribution >= 0.6 is 11.6 Å². The molecule has 170 valence electrons. The summed E-state index contributed by atoms with van der Waals surface area (Å²) in [5, 5.41) is 17.0. The molecule has 0 radical (unpaired) electrons. The van der Waals surface area contributed by atoms with Crippen molar-refractivity contribution in [1.29, 1.82) is 5.41 Å². The lowest BCUT2D eigenvalue weighted by Crippen LogP contribution is -2.22. The molecule has 0 saturated heterocycles. The molecule has 0 aliphatic carbocycles. The largest absolute Gasteiger partial charge is 0.479 e. The lowest BCUT2D eigenvalue weighted by Gasteiger charge is -2.14. The van der Waals surface area contributed by atoms with Crippen LogP contribution in [0.25, 0.3) is 0 Å². The zero-order valence-electron chi connectivity index (χ0n) is 16.0. The van der Waals surface area contributed by atoms with Crippen molar-refractivity contribution in [3.63, 3.8) is 0 Å². The molecule has 0 saturated carbocycles. The van der Waals surface area contributed by atoms with Gasteiger partial charge in [0.25, 0.3) is 11.8 Å². The molecule has 2 rings (SSSR count). The van der Waals surface area contributed by atoms with Crippen molar-refractivity contribution >= 4 is 35.5 Å². The SMILES string of the molecule is C/C(C(=O)Nc1nc(Oc2cccnc2OCC(=O)O)c(Cl)cc1F)=C(/C=N)C(F)(F)F. The highest BCUT2D eigenvalue weighted by atomic mass is 35.5. The predicted octanol–water partition coefficient (Wildman–Crippen LogP) is 3.99. The number of aliphatic carboxylic acids is 1. The van der Waals surface area contributed by atoms with Gasteiger partial charge in [-0.1, -0.05) is 11.6 Å². The van der Waals surface area contributed by atoms with Crippen LogP contribution < -0.4 is 14.8 Å². The number of amides is 1. The highest BCUT2D eigenvalue weighted by Gasteiger charge is 2.35. The maximum atomic E-state index is 14.2. The number of carbonyl (C=O) groups excluding carboxylic acids is 1. The molecule has 0 fully saturated rings. The van der Waals surface area contributed by atoms with Crippen molar-refractivity contribution in [2.75, 3.05) is 11.9 Å². The zero-order valence-corrected chi connectivity index (χ0v) is 16.7. The fraction of sp³-hybridized carbons (Fsp3) is 0.167. The van der Waals surface area contributed by atoms with E-state index in [1.807, 2.05) is 5.32 Å². The molecule has 0 bridgehead atoms. The maximum Gasteiger partial charge on any atom is 0.418 e. The minimum absolute atomic E-state index is 0.0455. The number of ether oxygens (including phenoxy) is 2. The number of allylic oxidation sites excluding steroid dienone is 1. The zero-order chi connectivity index (χ0) is 24.1. The number of anilines is 1. The topological polar surface area (TPSA) is 134 Å². The average Bonchev–Trinajstić information content (AvgIpc) is 2.70. The third kappa shape index (κ3) is 6.14. The number of carboxylic acids is 1. The molecule has 3 N–H and O–H groups in total. The first-order valence-electron chi connectivity index (χ1n) is 8.37. The highest BCUT2D eigenvalue weighted by molar-refractivity contribution is 6.32. The second kappa shape index (κ2) is 10.0. The quantitative estimate of drug-likeness (QED) is 0.298. The number of nitrogens with one attached hydrogen (secondary N) is 2. The molecule has 32 heavy (non-hydrogen) atoms. The average molecular weight is 477 g/mol. The Morgan fingerprint density at radius 2 is 2.03 bits per heavy atom. The number of nitrogens with zero attached hydrogens (tertiary/aromatic N) is 2. The van der Waals surface area contributed by atoms with Crippen molar-refractivity contribution in [3.05, 3.63) is 46.4 Å². The van der Waals surface area contributed by atoms with Gasteiger partial charge in [0.05, 0.1) is 5.57 Å². The Morgan fingerprint density at radius 1 is 1.34 bits per heavy atom. The Hall–Kier alpha value is -3.74. The second-order valence-electron chi connectivity index (χ2n) is 5.83. The lowest BCUT2D eigenvalue weighted by molar-refractivity contribution is -0.139. The summed E-state index contributed by atoms with van der Waals surface area (Å²) in [6.45, 7) is 0.0512. The summed E-state index contributed by atoms with van der Waals surface area (Å²) < 4.78 is 63.2. The maximum absolute atomic E-state index is 14.2. The summed E-state index contributed by atoms with van der Waals surface area (Å²) >= 11 is 5.88. The van der Waals surface area contributed by atoms with E-state index in [-0.39, 0.29) is 22.9 Å². The molecule has 2 heterocycles. The summed E-state index contributed by atoms with van der Waals surface area (Å²) in [4.78, 5) is 30.2. The van der Waals surface area contributed by atoms with Crippen LogP contribution in [0.5, 0.6) is 17.5 Å². The Balaban J connectivity index is 2.35. The van der Waals surface area contributed by atoms with E-state index in [9.17, 15) is 27.2 Å². The molecule has 1 amide bonds. The van der Waals surface area contributed by atoms with Crippen LogP contribution in [0.15, 0.2) is 35.5 Å². The molecule has 0 aromatic carbocycles. The van der Waals surface area contributed by atoms with Gasteiger partial charge in [-0.05, 0) is 19.1 Å². The fourth-order valence-electron chi connectivity index (χ4n) is 2.13. The van der Waals surface area contributed by atoms with Crippen LogP contribution in [0, 0.1) is 11.2 Å². The van der Waals surface area contributed by atoms with Gasteiger partial charge in [0.2, 0.25) is 5.88 Å². The molecular formula is C18H13ClF4N4O5. The number of carboxylic acid groups (broad SMARTS) is 1. The van der Waals surface area contributed by atoms with Crippen LogP contribution in [0.3, 0.4) is 0 Å². The first-order valence-corrected chi connectivity index (χ1v) is 8.75.